The molecule has 1 aromatic carbocycles. The lowest BCUT2D eigenvalue weighted by Gasteiger charge is -2.18. The van der Waals surface area contributed by atoms with Crippen molar-refractivity contribution in [3.05, 3.63) is 34.9 Å². The minimum atomic E-state index is -0.284. The van der Waals surface area contributed by atoms with Crippen molar-refractivity contribution in [3.8, 4) is 0 Å². The van der Waals surface area contributed by atoms with Gasteiger partial charge in [0.15, 0.2) is 0 Å². The van der Waals surface area contributed by atoms with Crippen molar-refractivity contribution in [1.82, 2.24) is 0 Å². The van der Waals surface area contributed by atoms with E-state index in [-0.39, 0.29) is 5.97 Å². The Morgan fingerprint density at radius 3 is 2.84 bits per heavy atom. The summed E-state index contributed by atoms with van der Waals surface area (Å²) >= 11 is 5.84. The van der Waals surface area contributed by atoms with Crippen molar-refractivity contribution in [2.24, 2.45) is 11.3 Å². The fourth-order valence-corrected chi connectivity index (χ4v) is 2.48. The molecule has 0 saturated heterocycles. The summed E-state index contributed by atoms with van der Waals surface area (Å²) < 4.78 is 5.27. The highest BCUT2D eigenvalue weighted by atomic mass is 35.5. The summed E-state index contributed by atoms with van der Waals surface area (Å²) in [6.07, 6.45) is 4.75. The Morgan fingerprint density at radius 2 is 2.21 bits per heavy atom. The fourth-order valence-electron chi connectivity index (χ4n) is 2.29. The molecule has 0 amide bonds. The SMILES string of the molecule is CC(CCCOC(=O)c1cccc(Cl)c1)C1(C)CC1. The van der Waals surface area contributed by atoms with E-state index < -0.39 is 0 Å². The minimum absolute atomic E-state index is 0.284. The molecule has 104 valence electrons. The van der Waals surface area contributed by atoms with Crippen LogP contribution in [0.25, 0.3) is 0 Å². The van der Waals surface area contributed by atoms with Crippen LogP contribution in [0.5, 0.6) is 0 Å². The first-order valence-electron chi connectivity index (χ1n) is 6.94. The fraction of sp³-hybridized carbons (Fsp3) is 0.562. The molecule has 2 nitrogen and oxygen atoms in total. The maximum atomic E-state index is 11.8. The van der Waals surface area contributed by atoms with Crippen molar-refractivity contribution >= 4 is 17.6 Å². The normalized spacial score (nSPS) is 17.8. The van der Waals surface area contributed by atoms with E-state index >= 15 is 0 Å². The van der Waals surface area contributed by atoms with Crippen molar-refractivity contribution in [3.63, 3.8) is 0 Å². The quantitative estimate of drug-likeness (QED) is 0.557. The lowest BCUT2D eigenvalue weighted by molar-refractivity contribution is 0.0491. The van der Waals surface area contributed by atoms with Gasteiger partial charge in [0, 0.05) is 5.02 Å². The third-order valence-electron chi connectivity index (χ3n) is 4.30. The van der Waals surface area contributed by atoms with Gasteiger partial charge in [-0.25, -0.2) is 4.79 Å². The predicted molar refractivity (Wildman–Crippen MR) is 77.5 cm³/mol. The van der Waals surface area contributed by atoms with E-state index in [2.05, 4.69) is 13.8 Å². The Hall–Kier alpha value is -1.02. The predicted octanol–water partition coefficient (Wildman–Crippen LogP) is 4.71. The number of carbonyl (C=O) groups excluding carboxylic acids is 1. The van der Waals surface area contributed by atoms with Gasteiger partial charge in [0.1, 0.15) is 0 Å². The van der Waals surface area contributed by atoms with Crippen LogP contribution in [-0.2, 0) is 4.74 Å². The molecule has 0 aromatic heterocycles. The topological polar surface area (TPSA) is 26.3 Å². The monoisotopic (exact) mass is 280 g/mol. The van der Waals surface area contributed by atoms with E-state index in [1.165, 1.54) is 12.8 Å². The Bertz CT molecular complexity index is 452. The summed E-state index contributed by atoms with van der Waals surface area (Å²) in [5.41, 5.74) is 1.08. The van der Waals surface area contributed by atoms with Crippen LogP contribution in [0.1, 0.15) is 49.9 Å². The van der Waals surface area contributed by atoms with Gasteiger partial charge in [-0.1, -0.05) is 31.5 Å². The molecule has 0 spiro atoms. The van der Waals surface area contributed by atoms with Gasteiger partial charge < -0.3 is 4.74 Å². The van der Waals surface area contributed by atoms with Gasteiger partial charge in [-0.3, -0.25) is 0 Å². The molecule has 1 saturated carbocycles. The van der Waals surface area contributed by atoms with Gasteiger partial charge in [0.25, 0.3) is 0 Å². The van der Waals surface area contributed by atoms with Gasteiger partial charge in [-0.05, 0) is 55.2 Å². The largest absolute Gasteiger partial charge is 0.462 e. The lowest BCUT2D eigenvalue weighted by Crippen LogP contribution is -2.11. The van der Waals surface area contributed by atoms with E-state index in [4.69, 9.17) is 16.3 Å². The van der Waals surface area contributed by atoms with E-state index in [0.717, 1.165) is 18.8 Å². The highest BCUT2D eigenvalue weighted by Crippen LogP contribution is 2.52. The second-order valence-corrected chi connectivity index (χ2v) is 6.28. The second-order valence-electron chi connectivity index (χ2n) is 5.84. The highest BCUT2D eigenvalue weighted by Gasteiger charge is 2.41. The summed E-state index contributed by atoms with van der Waals surface area (Å²) in [4.78, 5) is 11.8. The Labute approximate surface area is 120 Å². The Kier molecular flexibility index (Phi) is 4.51. The number of hydrogen-bond acceptors (Lipinski definition) is 2. The van der Waals surface area contributed by atoms with Crippen LogP contribution in [0.4, 0.5) is 0 Å². The molecule has 0 N–H and O–H groups in total. The first kappa shape index (κ1) is 14.4. The van der Waals surface area contributed by atoms with Crippen LogP contribution in [0, 0.1) is 11.3 Å². The average Bonchev–Trinajstić information content (AvgIpc) is 3.13. The van der Waals surface area contributed by atoms with E-state index in [9.17, 15) is 4.79 Å². The summed E-state index contributed by atoms with van der Waals surface area (Å²) in [7, 11) is 0. The number of benzene rings is 1. The van der Waals surface area contributed by atoms with Gasteiger partial charge in [-0.15, -0.1) is 0 Å². The zero-order chi connectivity index (χ0) is 13.9. The molecule has 0 aliphatic heterocycles. The van der Waals surface area contributed by atoms with Gasteiger partial charge in [-0.2, -0.15) is 0 Å². The number of rotatable bonds is 6. The van der Waals surface area contributed by atoms with Crippen LogP contribution >= 0.6 is 11.6 Å². The third kappa shape index (κ3) is 3.97. The van der Waals surface area contributed by atoms with Crippen molar-refractivity contribution in [1.29, 1.82) is 0 Å². The molecule has 0 heterocycles. The molecule has 2 rings (SSSR count). The minimum Gasteiger partial charge on any atom is -0.462 e. The van der Waals surface area contributed by atoms with E-state index in [1.807, 2.05) is 0 Å². The maximum Gasteiger partial charge on any atom is 0.338 e. The Morgan fingerprint density at radius 1 is 1.47 bits per heavy atom. The number of carbonyl (C=O) groups is 1. The van der Waals surface area contributed by atoms with Crippen LogP contribution in [0.15, 0.2) is 24.3 Å². The standard InChI is InChI=1S/C16H21ClO2/c1-12(16(2)8-9-16)5-4-10-19-15(18)13-6-3-7-14(17)11-13/h3,6-7,11-12H,4-5,8-10H2,1-2H3. The summed E-state index contributed by atoms with van der Waals surface area (Å²) in [5.74, 6) is 0.435. The first-order chi connectivity index (χ1) is 9.01. The highest BCUT2D eigenvalue weighted by molar-refractivity contribution is 6.30. The average molecular weight is 281 g/mol. The number of halogens is 1. The lowest BCUT2D eigenvalue weighted by atomic mass is 9.89. The summed E-state index contributed by atoms with van der Waals surface area (Å²) in [6.45, 7) is 5.13. The molecular formula is C16H21ClO2. The second kappa shape index (κ2) is 5.96. The molecule has 1 atom stereocenters. The summed E-state index contributed by atoms with van der Waals surface area (Å²) in [6, 6.07) is 6.87. The van der Waals surface area contributed by atoms with Crippen LogP contribution in [0.2, 0.25) is 5.02 Å². The van der Waals surface area contributed by atoms with Crippen LogP contribution in [0.3, 0.4) is 0 Å². The number of hydrogen-bond donors (Lipinski definition) is 0. The molecule has 1 unspecified atom stereocenters. The third-order valence-corrected chi connectivity index (χ3v) is 4.54. The zero-order valence-corrected chi connectivity index (χ0v) is 12.4. The summed E-state index contributed by atoms with van der Waals surface area (Å²) in [5, 5.41) is 0.560. The molecule has 1 aliphatic carbocycles. The molecule has 0 bridgehead atoms. The van der Waals surface area contributed by atoms with Gasteiger partial charge in [0.05, 0.1) is 12.2 Å². The molecule has 0 radical (unpaired) electrons. The number of esters is 1. The van der Waals surface area contributed by atoms with E-state index in [1.54, 1.807) is 24.3 Å². The van der Waals surface area contributed by atoms with Crippen molar-refractivity contribution < 1.29 is 9.53 Å². The zero-order valence-electron chi connectivity index (χ0n) is 11.6. The van der Waals surface area contributed by atoms with Crippen LogP contribution < -0.4 is 0 Å². The smallest absolute Gasteiger partial charge is 0.338 e. The van der Waals surface area contributed by atoms with E-state index in [0.29, 0.717) is 22.6 Å². The molecule has 1 aromatic rings. The molecule has 1 fully saturated rings. The molecule has 19 heavy (non-hydrogen) atoms. The molecule has 3 heteroatoms. The van der Waals surface area contributed by atoms with Crippen molar-refractivity contribution in [2.45, 2.75) is 39.5 Å². The maximum absolute atomic E-state index is 11.8. The van der Waals surface area contributed by atoms with Crippen molar-refractivity contribution in [2.75, 3.05) is 6.61 Å². The number of ether oxygens (including phenoxy) is 1. The molecular weight excluding hydrogens is 260 g/mol. The van der Waals surface area contributed by atoms with Gasteiger partial charge >= 0.3 is 5.97 Å². The first-order valence-corrected chi connectivity index (χ1v) is 7.32. The molecule has 1 aliphatic rings. The van der Waals surface area contributed by atoms with Crippen LogP contribution in [-0.4, -0.2) is 12.6 Å². The Balaban J connectivity index is 1.69. The van der Waals surface area contributed by atoms with Gasteiger partial charge in [0.2, 0.25) is 0 Å².